The Morgan fingerprint density at radius 2 is 2.00 bits per heavy atom. The first-order valence-electron chi connectivity index (χ1n) is 9.33. The predicted molar refractivity (Wildman–Crippen MR) is 100 cm³/mol. The van der Waals surface area contributed by atoms with Gasteiger partial charge in [-0.15, -0.1) is 0 Å². The van der Waals surface area contributed by atoms with E-state index in [1.807, 2.05) is 18.6 Å². The van der Waals surface area contributed by atoms with E-state index in [1.165, 1.54) is 5.69 Å². The van der Waals surface area contributed by atoms with Crippen LogP contribution in [0.2, 0.25) is 0 Å². The van der Waals surface area contributed by atoms with Gasteiger partial charge in [-0.25, -0.2) is 15.0 Å². The molecule has 2 aliphatic heterocycles. The summed E-state index contributed by atoms with van der Waals surface area (Å²) in [6.07, 6.45) is 8.02. The molecule has 2 atom stereocenters. The molecular formula is C18H27N7O. The summed E-state index contributed by atoms with van der Waals surface area (Å²) in [6.45, 7) is 3.04. The highest BCUT2D eigenvalue weighted by Crippen LogP contribution is 2.31. The lowest BCUT2D eigenvalue weighted by Gasteiger charge is -2.33. The van der Waals surface area contributed by atoms with Crippen molar-refractivity contribution in [3.63, 3.8) is 0 Å². The molecule has 26 heavy (non-hydrogen) atoms. The number of imidazole rings is 1. The molecule has 0 aliphatic carbocycles. The number of nitrogens with zero attached hydrogens (tertiary/aromatic N) is 6. The normalized spacial score (nSPS) is 24.4. The third-order valence-corrected chi connectivity index (χ3v) is 5.69. The van der Waals surface area contributed by atoms with Gasteiger partial charge in [-0.05, 0) is 19.3 Å². The minimum absolute atomic E-state index is 0.142. The zero-order valence-electron chi connectivity index (χ0n) is 15.2. The van der Waals surface area contributed by atoms with Crippen LogP contribution in [0.3, 0.4) is 0 Å². The number of aryl methyl sites for hydroxylation is 1. The van der Waals surface area contributed by atoms with E-state index in [1.54, 1.807) is 6.33 Å². The van der Waals surface area contributed by atoms with Crippen LogP contribution in [0, 0.1) is 0 Å². The fourth-order valence-electron chi connectivity index (χ4n) is 4.23. The molecule has 2 fully saturated rings. The first kappa shape index (κ1) is 17.2. The highest BCUT2D eigenvalue weighted by atomic mass is 16.3. The van der Waals surface area contributed by atoms with Gasteiger partial charge in [0.15, 0.2) is 0 Å². The van der Waals surface area contributed by atoms with Crippen LogP contribution in [0.5, 0.6) is 0 Å². The summed E-state index contributed by atoms with van der Waals surface area (Å²) in [5.41, 5.74) is 7.17. The first-order chi connectivity index (χ1) is 12.7. The molecule has 3 N–H and O–H groups in total. The second-order valence-corrected chi connectivity index (χ2v) is 7.36. The average Bonchev–Trinajstić information content (AvgIpc) is 3.27. The molecule has 0 radical (unpaired) electrons. The lowest BCUT2D eigenvalue weighted by atomic mass is 9.94. The third-order valence-electron chi connectivity index (χ3n) is 5.69. The molecule has 0 aromatic carbocycles. The Hall–Kier alpha value is -2.19. The van der Waals surface area contributed by atoms with Gasteiger partial charge >= 0.3 is 0 Å². The molecule has 0 saturated carbocycles. The number of hydrogen-bond donors (Lipinski definition) is 2. The Balaban J connectivity index is 1.45. The van der Waals surface area contributed by atoms with Crippen molar-refractivity contribution in [1.82, 2.24) is 19.5 Å². The Morgan fingerprint density at radius 3 is 2.69 bits per heavy atom. The summed E-state index contributed by atoms with van der Waals surface area (Å²) in [6, 6.07) is 2.17. The van der Waals surface area contributed by atoms with Crippen molar-refractivity contribution in [2.24, 2.45) is 12.8 Å². The number of rotatable bonds is 4. The van der Waals surface area contributed by atoms with E-state index < -0.39 is 0 Å². The molecule has 2 aromatic rings. The Bertz CT molecular complexity index is 741. The number of β-amino-alcohol motifs (C(OH)–C–C–N with tert-alkyl or cyclic N) is 1. The van der Waals surface area contributed by atoms with Crippen molar-refractivity contribution >= 4 is 11.6 Å². The molecule has 2 saturated heterocycles. The van der Waals surface area contributed by atoms with Crippen molar-refractivity contribution in [1.29, 1.82) is 0 Å². The molecule has 8 heteroatoms. The molecule has 4 heterocycles. The van der Waals surface area contributed by atoms with Gasteiger partial charge < -0.3 is 25.2 Å². The first-order valence-corrected chi connectivity index (χ1v) is 9.33. The lowest BCUT2D eigenvalue weighted by molar-refractivity contribution is 0.194. The number of piperidine rings is 1. The summed E-state index contributed by atoms with van der Waals surface area (Å²) in [4.78, 5) is 17.6. The van der Waals surface area contributed by atoms with Crippen LogP contribution in [0.25, 0.3) is 0 Å². The largest absolute Gasteiger partial charge is 0.391 e. The average molecular weight is 357 g/mol. The maximum absolute atomic E-state index is 9.96. The van der Waals surface area contributed by atoms with Crippen molar-refractivity contribution < 1.29 is 5.11 Å². The van der Waals surface area contributed by atoms with Gasteiger partial charge in [-0.3, -0.25) is 0 Å². The molecule has 2 aromatic heterocycles. The van der Waals surface area contributed by atoms with E-state index in [2.05, 4.69) is 36.4 Å². The van der Waals surface area contributed by atoms with Crippen LogP contribution < -0.4 is 15.5 Å². The van der Waals surface area contributed by atoms with Gasteiger partial charge in [0.05, 0.1) is 12.4 Å². The molecule has 4 rings (SSSR count). The van der Waals surface area contributed by atoms with Crippen LogP contribution in [-0.4, -0.2) is 63.0 Å². The molecule has 8 nitrogen and oxygen atoms in total. The van der Waals surface area contributed by atoms with Gasteiger partial charge in [-0.1, -0.05) is 0 Å². The molecule has 0 unspecified atom stereocenters. The summed E-state index contributed by atoms with van der Waals surface area (Å²) in [7, 11) is 2.06. The van der Waals surface area contributed by atoms with E-state index in [0.29, 0.717) is 25.4 Å². The van der Waals surface area contributed by atoms with Gasteiger partial charge in [0.1, 0.15) is 18.0 Å². The number of hydrogen-bond acceptors (Lipinski definition) is 7. The number of nitrogens with two attached hydrogens (primary N) is 1. The molecule has 2 aliphatic rings. The topological polar surface area (TPSA) is 96.3 Å². The zero-order chi connectivity index (χ0) is 18.1. The lowest BCUT2D eigenvalue weighted by Crippen LogP contribution is -2.37. The molecule has 140 valence electrons. The number of anilines is 2. The second-order valence-electron chi connectivity index (χ2n) is 7.36. The van der Waals surface area contributed by atoms with Crippen molar-refractivity contribution in [3.8, 4) is 0 Å². The Morgan fingerprint density at radius 1 is 1.23 bits per heavy atom. The van der Waals surface area contributed by atoms with E-state index >= 15 is 0 Å². The predicted octanol–water partition coefficient (Wildman–Crippen LogP) is 0.492. The maximum Gasteiger partial charge on any atom is 0.134 e. The summed E-state index contributed by atoms with van der Waals surface area (Å²) in [5.74, 6) is 2.36. The number of aromatic nitrogens is 4. The standard InChI is InChI=1S/C18H27N7O/c1-23-12-20-9-16(23)13-2-4-24(5-3-13)17-7-18(22-11-21-17)25-10-15(26)6-14(25)8-19/h7,9,11-15,26H,2-6,8,10,19H2,1H3/t14-,15-/m1/s1. The van der Waals surface area contributed by atoms with Crippen LogP contribution in [0.1, 0.15) is 30.9 Å². The van der Waals surface area contributed by atoms with E-state index in [4.69, 9.17) is 5.73 Å². The van der Waals surface area contributed by atoms with Gasteiger partial charge in [0, 0.05) is 63.1 Å². The highest BCUT2D eigenvalue weighted by molar-refractivity contribution is 5.52. The monoisotopic (exact) mass is 357 g/mol. The van der Waals surface area contributed by atoms with E-state index in [-0.39, 0.29) is 12.1 Å². The Labute approximate surface area is 153 Å². The summed E-state index contributed by atoms with van der Waals surface area (Å²) in [5, 5.41) is 9.96. The molecular weight excluding hydrogens is 330 g/mol. The van der Waals surface area contributed by atoms with Crippen molar-refractivity contribution in [2.45, 2.75) is 37.3 Å². The molecule has 0 spiro atoms. The van der Waals surface area contributed by atoms with Crippen LogP contribution >= 0.6 is 0 Å². The number of aliphatic hydroxyl groups is 1. The zero-order valence-corrected chi connectivity index (χ0v) is 15.2. The molecule has 0 amide bonds. The van der Waals surface area contributed by atoms with Crippen LogP contribution in [-0.2, 0) is 7.05 Å². The maximum atomic E-state index is 9.96. The van der Waals surface area contributed by atoms with E-state index in [0.717, 1.165) is 37.6 Å². The van der Waals surface area contributed by atoms with Crippen LogP contribution in [0.4, 0.5) is 11.6 Å². The van der Waals surface area contributed by atoms with Crippen LogP contribution in [0.15, 0.2) is 24.9 Å². The third kappa shape index (κ3) is 3.26. The number of aliphatic hydroxyl groups excluding tert-OH is 1. The highest BCUT2D eigenvalue weighted by Gasteiger charge is 2.31. The van der Waals surface area contributed by atoms with Crippen molar-refractivity contribution in [3.05, 3.63) is 30.6 Å². The molecule has 0 bridgehead atoms. The quantitative estimate of drug-likeness (QED) is 0.822. The minimum atomic E-state index is -0.336. The van der Waals surface area contributed by atoms with Gasteiger partial charge in [0.25, 0.3) is 0 Å². The summed E-state index contributed by atoms with van der Waals surface area (Å²) >= 11 is 0. The van der Waals surface area contributed by atoms with Crippen molar-refractivity contribution in [2.75, 3.05) is 36.0 Å². The smallest absolute Gasteiger partial charge is 0.134 e. The SMILES string of the molecule is Cn1cncc1C1CCN(c2cc(N3C[C@H](O)C[C@@H]3CN)ncn2)CC1. The summed E-state index contributed by atoms with van der Waals surface area (Å²) < 4.78 is 2.12. The van der Waals surface area contributed by atoms with Gasteiger partial charge in [-0.2, -0.15) is 0 Å². The second kappa shape index (κ2) is 7.20. The van der Waals surface area contributed by atoms with Gasteiger partial charge in [0.2, 0.25) is 0 Å². The fourth-order valence-corrected chi connectivity index (χ4v) is 4.23. The minimum Gasteiger partial charge on any atom is -0.391 e. The van der Waals surface area contributed by atoms with E-state index in [9.17, 15) is 5.11 Å². The fraction of sp³-hybridized carbons (Fsp3) is 0.611. The Kier molecular flexibility index (Phi) is 4.78.